The van der Waals surface area contributed by atoms with Gasteiger partial charge in [-0.15, -0.1) is 0 Å². The van der Waals surface area contributed by atoms with Crippen molar-refractivity contribution in [3.63, 3.8) is 0 Å². The van der Waals surface area contributed by atoms with Crippen LogP contribution in [0.4, 0.5) is 0 Å². The molecule has 1 N–H and O–H groups in total. The number of carbonyl (C=O) groups excluding carboxylic acids is 2. The van der Waals surface area contributed by atoms with E-state index >= 15 is 0 Å². The van der Waals surface area contributed by atoms with E-state index in [-0.39, 0.29) is 11.8 Å². The van der Waals surface area contributed by atoms with Crippen LogP contribution < -0.4 is 5.32 Å². The van der Waals surface area contributed by atoms with E-state index in [9.17, 15) is 9.59 Å². The average Bonchev–Trinajstić information content (AvgIpc) is 2.85. The van der Waals surface area contributed by atoms with Gasteiger partial charge in [-0.2, -0.15) is 0 Å². The highest BCUT2D eigenvalue weighted by atomic mass is 16.3. The van der Waals surface area contributed by atoms with Gasteiger partial charge < -0.3 is 19.5 Å². The highest BCUT2D eigenvalue weighted by Crippen LogP contribution is 2.16. The summed E-state index contributed by atoms with van der Waals surface area (Å²) in [4.78, 5) is 28.4. The van der Waals surface area contributed by atoms with E-state index in [1.165, 1.54) is 0 Å². The molecular weight excluding hydrogens is 306 g/mol. The summed E-state index contributed by atoms with van der Waals surface area (Å²) in [7, 11) is 3.93. The Morgan fingerprint density at radius 1 is 1.17 bits per heavy atom. The second-order valence-corrected chi connectivity index (χ2v) is 6.38. The molecule has 0 unspecified atom stereocenters. The van der Waals surface area contributed by atoms with Gasteiger partial charge in [0.15, 0.2) is 0 Å². The largest absolute Gasteiger partial charge is 0.466 e. The molecule has 0 saturated heterocycles. The van der Waals surface area contributed by atoms with Crippen LogP contribution in [0.2, 0.25) is 0 Å². The fraction of sp³-hybridized carbons (Fsp3) is 0.667. The summed E-state index contributed by atoms with van der Waals surface area (Å²) in [5.74, 6) is 1.28. The highest BCUT2D eigenvalue weighted by Gasteiger charge is 2.20. The number of hydrogen-bond donors (Lipinski definition) is 1. The molecule has 136 valence electrons. The fourth-order valence-electron chi connectivity index (χ4n) is 2.42. The SMILES string of the molecule is CCCCN(CCC(=O)NCCN(C)C)C(=O)c1cc(C)oc1C. The number of hydrogen-bond acceptors (Lipinski definition) is 4. The number of carbonyl (C=O) groups is 2. The molecule has 0 aliphatic carbocycles. The zero-order chi connectivity index (χ0) is 18.1. The van der Waals surface area contributed by atoms with Crippen LogP contribution in [0.25, 0.3) is 0 Å². The first kappa shape index (κ1) is 20.2. The monoisotopic (exact) mass is 337 g/mol. The predicted octanol–water partition coefficient (Wildman–Crippen LogP) is 2.21. The van der Waals surface area contributed by atoms with Crippen LogP contribution in [0.1, 0.15) is 48.1 Å². The van der Waals surface area contributed by atoms with Gasteiger partial charge in [-0.3, -0.25) is 9.59 Å². The van der Waals surface area contributed by atoms with Crippen molar-refractivity contribution in [2.75, 3.05) is 40.3 Å². The number of rotatable bonds is 10. The van der Waals surface area contributed by atoms with Crippen molar-refractivity contribution in [2.45, 2.75) is 40.0 Å². The van der Waals surface area contributed by atoms with E-state index in [0.717, 1.165) is 25.1 Å². The lowest BCUT2D eigenvalue weighted by Crippen LogP contribution is -2.37. The van der Waals surface area contributed by atoms with Gasteiger partial charge >= 0.3 is 0 Å². The lowest BCUT2D eigenvalue weighted by atomic mass is 10.2. The van der Waals surface area contributed by atoms with Gasteiger partial charge in [-0.05, 0) is 40.4 Å². The van der Waals surface area contributed by atoms with Gasteiger partial charge in [0.25, 0.3) is 5.91 Å². The topological polar surface area (TPSA) is 65.8 Å². The normalized spacial score (nSPS) is 10.9. The van der Waals surface area contributed by atoms with E-state index in [4.69, 9.17) is 4.42 Å². The zero-order valence-electron chi connectivity index (χ0n) is 15.6. The molecule has 0 aliphatic rings. The van der Waals surface area contributed by atoms with Crippen molar-refractivity contribution >= 4 is 11.8 Å². The molecule has 6 heteroatoms. The summed E-state index contributed by atoms with van der Waals surface area (Å²) in [5.41, 5.74) is 0.594. The Balaban J connectivity index is 2.60. The molecule has 24 heavy (non-hydrogen) atoms. The van der Waals surface area contributed by atoms with Crippen molar-refractivity contribution in [1.29, 1.82) is 0 Å². The quantitative estimate of drug-likeness (QED) is 0.711. The minimum Gasteiger partial charge on any atom is -0.466 e. The second kappa shape index (κ2) is 10.1. The Labute approximate surface area is 145 Å². The third-order valence-corrected chi connectivity index (χ3v) is 3.83. The van der Waals surface area contributed by atoms with Crippen LogP contribution in [-0.4, -0.2) is 61.9 Å². The number of likely N-dealkylation sites (N-methyl/N-ethyl adjacent to an activating group) is 1. The molecule has 0 fully saturated rings. The first-order valence-electron chi connectivity index (χ1n) is 8.62. The van der Waals surface area contributed by atoms with E-state index in [2.05, 4.69) is 12.2 Å². The number of unbranched alkanes of at least 4 members (excludes halogenated alkanes) is 1. The fourth-order valence-corrected chi connectivity index (χ4v) is 2.42. The zero-order valence-corrected chi connectivity index (χ0v) is 15.6. The first-order valence-corrected chi connectivity index (χ1v) is 8.62. The highest BCUT2D eigenvalue weighted by molar-refractivity contribution is 5.95. The number of amides is 2. The lowest BCUT2D eigenvalue weighted by molar-refractivity contribution is -0.121. The minimum absolute atomic E-state index is 0.0220. The maximum absolute atomic E-state index is 12.7. The molecule has 6 nitrogen and oxygen atoms in total. The Kier molecular flexibility index (Phi) is 8.54. The van der Waals surface area contributed by atoms with Gasteiger partial charge in [0, 0.05) is 32.6 Å². The summed E-state index contributed by atoms with van der Waals surface area (Å²) in [5, 5.41) is 2.88. The Morgan fingerprint density at radius 3 is 2.42 bits per heavy atom. The number of furan rings is 1. The van der Waals surface area contributed by atoms with Gasteiger partial charge in [-0.25, -0.2) is 0 Å². The van der Waals surface area contributed by atoms with Crippen molar-refractivity contribution in [1.82, 2.24) is 15.1 Å². The van der Waals surface area contributed by atoms with Gasteiger partial charge in [0.2, 0.25) is 5.91 Å². The third kappa shape index (κ3) is 6.74. The number of nitrogens with one attached hydrogen (secondary N) is 1. The van der Waals surface area contributed by atoms with E-state index < -0.39 is 0 Å². The smallest absolute Gasteiger partial charge is 0.257 e. The maximum Gasteiger partial charge on any atom is 0.257 e. The van der Waals surface area contributed by atoms with Crippen LogP contribution in [0.5, 0.6) is 0 Å². The Morgan fingerprint density at radius 2 is 1.88 bits per heavy atom. The molecule has 2 amide bonds. The third-order valence-electron chi connectivity index (χ3n) is 3.83. The lowest BCUT2D eigenvalue weighted by Gasteiger charge is -2.22. The second-order valence-electron chi connectivity index (χ2n) is 6.38. The molecule has 0 spiro atoms. The van der Waals surface area contributed by atoms with Crippen molar-refractivity contribution in [3.05, 3.63) is 23.2 Å². The van der Waals surface area contributed by atoms with E-state index in [1.54, 1.807) is 17.9 Å². The van der Waals surface area contributed by atoms with Gasteiger partial charge in [0.1, 0.15) is 11.5 Å². The van der Waals surface area contributed by atoms with Crippen LogP contribution in [0.15, 0.2) is 10.5 Å². The van der Waals surface area contributed by atoms with E-state index in [1.807, 2.05) is 25.9 Å². The summed E-state index contributed by atoms with van der Waals surface area (Å²) >= 11 is 0. The molecule has 0 bridgehead atoms. The van der Waals surface area contributed by atoms with Gasteiger partial charge in [0.05, 0.1) is 5.56 Å². The predicted molar refractivity (Wildman–Crippen MR) is 95.2 cm³/mol. The molecule has 1 rings (SSSR count). The molecule has 0 aromatic carbocycles. The first-order chi connectivity index (χ1) is 11.3. The molecule has 0 radical (unpaired) electrons. The van der Waals surface area contributed by atoms with Crippen LogP contribution in [0, 0.1) is 13.8 Å². The molecule has 0 atom stereocenters. The van der Waals surface area contributed by atoms with E-state index in [0.29, 0.717) is 37.4 Å². The van der Waals surface area contributed by atoms with Crippen LogP contribution in [0.3, 0.4) is 0 Å². The van der Waals surface area contributed by atoms with Gasteiger partial charge in [-0.1, -0.05) is 13.3 Å². The summed E-state index contributed by atoms with van der Waals surface area (Å²) < 4.78 is 5.46. The average molecular weight is 337 g/mol. The molecule has 1 aromatic rings. The summed E-state index contributed by atoms with van der Waals surface area (Å²) in [6.07, 6.45) is 2.24. The Hall–Kier alpha value is -1.82. The number of aryl methyl sites for hydroxylation is 2. The summed E-state index contributed by atoms with van der Waals surface area (Å²) in [6.45, 7) is 8.22. The van der Waals surface area contributed by atoms with Crippen LogP contribution in [-0.2, 0) is 4.79 Å². The number of nitrogens with zero attached hydrogens (tertiary/aromatic N) is 2. The summed E-state index contributed by atoms with van der Waals surface area (Å²) in [6, 6.07) is 1.77. The maximum atomic E-state index is 12.7. The molecule has 0 saturated carbocycles. The van der Waals surface area contributed by atoms with Crippen molar-refractivity contribution in [3.8, 4) is 0 Å². The van der Waals surface area contributed by atoms with Crippen molar-refractivity contribution < 1.29 is 14.0 Å². The molecular formula is C18H31N3O3. The molecule has 0 aliphatic heterocycles. The van der Waals surface area contributed by atoms with Crippen molar-refractivity contribution in [2.24, 2.45) is 0 Å². The molecule has 1 heterocycles. The minimum atomic E-state index is -0.0566. The Bertz CT molecular complexity index is 538. The standard InChI is InChI=1S/C18H31N3O3/c1-6-7-10-21(11-8-17(22)19-9-12-20(4)5)18(23)16-13-14(2)24-15(16)3/h13H,6-12H2,1-5H3,(H,19,22). The van der Waals surface area contributed by atoms with Crippen LogP contribution >= 0.6 is 0 Å². The molecule has 1 aromatic heterocycles.